The first kappa shape index (κ1) is 28.2. The van der Waals surface area contributed by atoms with Gasteiger partial charge >= 0.3 is 0 Å². The Balaban J connectivity index is 1.35. The second-order valence-electron chi connectivity index (χ2n) is 11.8. The van der Waals surface area contributed by atoms with Crippen LogP contribution in [0.5, 0.6) is 5.75 Å². The molecule has 0 saturated carbocycles. The topological polar surface area (TPSA) is 79.0 Å². The molecule has 3 aromatic carbocycles. The van der Waals surface area contributed by atoms with Gasteiger partial charge in [-0.25, -0.2) is 8.42 Å². The van der Waals surface area contributed by atoms with Crippen LogP contribution in [0.25, 0.3) is 0 Å². The quantitative estimate of drug-likeness (QED) is 0.427. The summed E-state index contributed by atoms with van der Waals surface area (Å²) in [5.41, 5.74) is 3.48. The Morgan fingerprint density at radius 3 is 2.38 bits per heavy atom. The van der Waals surface area contributed by atoms with Crippen molar-refractivity contribution in [1.29, 1.82) is 0 Å². The number of likely N-dealkylation sites (tertiary alicyclic amines) is 1. The van der Waals surface area contributed by atoms with Crippen molar-refractivity contribution in [3.05, 3.63) is 89.5 Å². The van der Waals surface area contributed by atoms with Crippen molar-refractivity contribution in [2.45, 2.75) is 69.5 Å². The van der Waals surface area contributed by atoms with E-state index >= 15 is 0 Å². The van der Waals surface area contributed by atoms with Crippen molar-refractivity contribution >= 4 is 21.6 Å². The molecule has 0 aliphatic carbocycles. The second-order valence-corrected chi connectivity index (χ2v) is 13.6. The number of carbonyl (C=O) groups is 1. The van der Waals surface area contributed by atoms with E-state index in [9.17, 15) is 13.2 Å². The first-order chi connectivity index (χ1) is 19.1. The summed E-state index contributed by atoms with van der Waals surface area (Å²) in [6, 6.07) is 22.2. The van der Waals surface area contributed by atoms with Gasteiger partial charge in [0, 0.05) is 13.1 Å². The number of fused-ring (bicyclic) bond motifs is 1. The standard InChI is InChI=1S/C32H39N3O4S/c1-32(2,3)26-15-16-29-28(20-26)35(40(37,38)27-13-6-4-7-14-27)23-30(39-29)31(36)33-21-24-11-10-12-25(19-24)22-34-17-8-5-9-18-34/h4,6-7,10-16,19-20,30H,5,8-9,17-18,21-23H2,1-3H3,(H,33,36)/t30-/m1/s1. The number of anilines is 1. The van der Waals surface area contributed by atoms with Crippen molar-refractivity contribution in [2.75, 3.05) is 23.9 Å². The minimum atomic E-state index is -3.92. The number of amides is 1. The molecule has 1 N–H and O–H groups in total. The lowest BCUT2D eigenvalue weighted by Gasteiger charge is -2.36. The largest absolute Gasteiger partial charge is 0.476 e. The Kier molecular flexibility index (Phi) is 8.19. The van der Waals surface area contributed by atoms with Gasteiger partial charge in [-0.3, -0.25) is 14.0 Å². The van der Waals surface area contributed by atoms with Crippen LogP contribution in [0.2, 0.25) is 0 Å². The van der Waals surface area contributed by atoms with Gasteiger partial charge in [0.15, 0.2) is 6.10 Å². The van der Waals surface area contributed by atoms with Crippen LogP contribution in [0.1, 0.15) is 56.7 Å². The summed E-state index contributed by atoms with van der Waals surface area (Å²) in [6.45, 7) is 9.62. The maximum atomic E-state index is 13.8. The van der Waals surface area contributed by atoms with Gasteiger partial charge in [-0.15, -0.1) is 0 Å². The van der Waals surface area contributed by atoms with E-state index in [1.54, 1.807) is 36.4 Å². The van der Waals surface area contributed by atoms with E-state index < -0.39 is 16.1 Å². The number of hydrogen-bond acceptors (Lipinski definition) is 5. The van der Waals surface area contributed by atoms with Gasteiger partial charge < -0.3 is 10.1 Å². The lowest BCUT2D eigenvalue weighted by atomic mass is 9.86. The van der Waals surface area contributed by atoms with Crippen molar-refractivity contribution in [3.8, 4) is 5.75 Å². The molecule has 1 fully saturated rings. The van der Waals surface area contributed by atoms with E-state index in [4.69, 9.17) is 4.74 Å². The predicted octanol–water partition coefficient (Wildman–Crippen LogP) is 5.24. The highest BCUT2D eigenvalue weighted by atomic mass is 32.2. The highest BCUT2D eigenvalue weighted by molar-refractivity contribution is 7.92. The molecule has 7 nitrogen and oxygen atoms in total. The zero-order valence-electron chi connectivity index (χ0n) is 23.6. The molecule has 212 valence electrons. The summed E-state index contributed by atoms with van der Waals surface area (Å²) in [4.78, 5) is 16.0. The van der Waals surface area contributed by atoms with Crippen LogP contribution in [0.15, 0.2) is 77.7 Å². The summed E-state index contributed by atoms with van der Waals surface area (Å²) in [5.74, 6) is 0.0303. The van der Waals surface area contributed by atoms with Crippen molar-refractivity contribution in [1.82, 2.24) is 10.2 Å². The number of hydrogen-bond donors (Lipinski definition) is 1. The monoisotopic (exact) mass is 561 g/mol. The van der Waals surface area contributed by atoms with E-state index in [1.807, 2.05) is 24.3 Å². The molecule has 0 spiro atoms. The van der Waals surface area contributed by atoms with E-state index in [1.165, 1.54) is 29.1 Å². The van der Waals surface area contributed by atoms with E-state index in [0.717, 1.165) is 30.8 Å². The zero-order valence-corrected chi connectivity index (χ0v) is 24.4. The fourth-order valence-electron chi connectivity index (χ4n) is 5.32. The number of nitrogens with zero attached hydrogens (tertiary/aromatic N) is 2. The van der Waals surface area contributed by atoms with Crippen LogP contribution in [-0.2, 0) is 33.3 Å². The van der Waals surface area contributed by atoms with Crippen LogP contribution >= 0.6 is 0 Å². The van der Waals surface area contributed by atoms with Gasteiger partial charge in [-0.05, 0) is 72.3 Å². The third-order valence-electron chi connectivity index (χ3n) is 7.63. The van der Waals surface area contributed by atoms with Crippen LogP contribution < -0.4 is 14.4 Å². The molecule has 40 heavy (non-hydrogen) atoms. The Bertz CT molecular complexity index is 1440. The minimum Gasteiger partial charge on any atom is -0.476 e. The third-order valence-corrected chi connectivity index (χ3v) is 9.43. The molecule has 0 aromatic heterocycles. The molecule has 1 amide bonds. The van der Waals surface area contributed by atoms with Crippen LogP contribution in [-0.4, -0.2) is 45.0 Å². The van der Waals surface area contributed by atoms with Crippen LogP contribution in [0.3, 0.4) is 0 Å². The number of nitrogens with one attached hydrogen (secondary N) is 1. The number of sulfonamides is 1. The van der Waals surface area contributed by atoms with E-state index in [0.29, 0.717) is 18.0 Å². The maximum Gasteiger partial charge on any atom is 0.264 e. The highest BCUT2D eigenvalue weighted by Crippen LogP contribution is 2.40. The first-order valence-electron chi connectivity index (χ1n) is 14.1. The Morgan fingerprint density at radius 2 is 1.65 bits per heavy atom. The summed E-state index contributed by atoms with van der Waals surface area (Å²) in [6.07, 6.45) is 2.81. The minimum absolute atomic E-state index is 0.112. The summed E-state index contributed by atoms with van der Waals surface area (Å²) in [5, 5.41) is 2.98. The molecule has 0 radical (unpaired) electrons. The molecule has 1 saturated heterocycles. The molecule has 8 heteroatoms. The van der Waals surface area contributed by atoms with Gasteiger partial charge in [0.05, 0.1) is 17.1 Å². The highest BCUT2D eigenvalue weighted by Gasteiger charge is 2.38. The lowest BCUT2D eigenvalue weighted by Crippen LogP contribution is -2.50. The SMILES string of the molecule is CC(C)(C)c1ccc2c(c1)N(S(=O)(=O)c1ccccc1)C[C@H](C(=O)NCc1cccc(CN3CCCCC3)c1)O2. The molecule has 2 heterocycles. The number of rotatable bonds is 7. The van der Waals surface area contributed by atoms with Gasteiger partial charge in [0.1, 0.15) is 5.75 Å². The molecule has 0 unspecified atom stereocenters. The van der Waals surface area contributed by atoms with Gasteiger partial charge in [-0.1, -0.05) is 75.7 Å². The second kappa shape index (κ2) is 11.6. The molecule has 2 aliphatic heterocycles. The predicted molar refractivity (Wildman–Crippen MR) is 158 cm³/mol. The Labute approximate surface area is 238 Å². The fourth-order valence-corrected chi connectivity index (χ4v) is 6.81. The summed E-state index contributed by atoms with van der Waals surface area (Å²) >= 11 is 0. The number of ether oxygens (including phenoxy) is 1. The number of carbonyl (C=O) groups excluding carboxylic acids is 1. The van der Waals surface area contributed by atoms with Crippen LogP contribution in [0.4, 0.5) is 5.69 Å². The number of piperidine rings is 1. The Hall–Kier alpha value is -3.36. The summed E-state index contributed by atoms with van der Waals surface area (Å²) in [7, 11) is -3.92. The molecule has 3 aromatic rings. The zero-order chi connectivity index (χ0) is 28.3. The molecular formula is C32H39N3O4S. The average molecular weight is 562 g/mol. The summed E-state index contributed by atoms with van der Waals surface area (Å²) < 4.78 is 35.0. The third kappa shape index (κ3) is 6.34. The molecular weight excluding hydrogens is 522 g/mol. The van der Waals surface area contributed by atoms with Gasteiger partial charge in [0.25, 0.3) is 15.9 Å². The first-order valence-corrected chi connectivity index (χ1v) is 15.5. The van der Waals surface area contributed by atoms with Crippen molar-refractivity contribution < 1.29 is 17.9 Å². The van der Waals surface area contributed by atoms with E-state index in [2.05, 4.69) is 43.1 Å². The molecule has 2 aliphatic rings. The van der Waals surface area contributed by atoms with E-state index in [-0.39, 0.29) is 22.8 Å². The maximum absolute atomic E-state index is 13.8. The number of benzene rings is 3. The van der Waals surface area contributed by atoms with Gasteiger partial charge in [0.2, 0.25) is 0 Å². The van der Waals surface area contributed by atoms with Crippen molar-refractivity contribution in [3.63, 3.8) is 0 Å². The fraction of sp³-hybridized carbons (Fsp3) is 0.406. The van der Waals surface area contributed by atoms with Gasteiger partial charge in [-0.2, -0.15) is 0 Å². The molecule has 1 atom stereocenters. The normalized spacial score (nSPS) is 18.1. The molecule has 5 rings (SSSR count). The van der Waals surface area contributed by atoms with Crippen LogP contribution in [0, 0.1) is 0 Å². The lowest BCUT2D eigenvalue weighted by molar-refractivity contribution is -0.127. The van der Waals surface area contributed by atoms with Crippen molar-refractivity contribution in [2.24, 2.45) is 0 Å². The smallest absolute Gasteiger partial charge is 0.264 e. The Morgan fingerprint density at radius 1 is 0.925 bits per heavy atom. The average Bonchev–Trinajstić information content (AvgIpc) is 2.95. The molecule has 0 bridgehead atoms.